The summed E-state index contributed by atoms with van der Waals surface area (Å²) < 4.78 is 0. The second-order valence-corrected chi connectivity index (χ2v) is 5.83. The predicted octanol–water partition coefficient (Wildman–Crippen LogP) is 3.19. The second-order valence-electron chi connectivity index (χ2n) is 5.21. The number of likely N-dealkylation sites (tertiary alicyclic amines) is 1. The minimum atomic E-state index is 0.192. The first kappa shape index (κ1) is 12.2. The topological polar surface area (TPSA) is 20.3 Å². The van der Waals surface area contributed by atoms with Gasteiger partial charge in [-0.3, -0.25) is 4.79 Å². The van der Waals surface area contributed by atoms with E-state index in [1.807, 2.05) is 4.90 Å². The third kappa shape index (κ3) is 3.13. The maximum Gasteiger partial charge on any atom is 0.225 e. The van der Waals surface area contributed by atoms with Crippen molar-refractivity contribution < 1.29 is 4.79 Å². The summed E-state index contributed by atoms with van der Waals surface area (Å²) in [6, 6.07) is 0. The van der Waals surface area contributed by atoms with Gasteiger partial charge in [-0.1, -0.05) is 32.1 Å². The number of rotatable bonds is 1. The number of halogens is 1. The quantitative estimate of drug-likeness (QED) is 0.648. The molecule has 0 aromatic carbocycles. The highest BCUT2D eigenvalue weighted by molar-refractivity contribution is 6.21. The van der Waals surface area contributed by atoms with Crippen LogP contribution in [0.5, 0.6) is 0 Å². The highest BCUT2D eigenvalue weighted by Crippen LogP contribution is 2.26. The molecule has 1 amide bonds. The average molecular weight is 244 g/mol. The fourth-order valence-electron chi connectivity index (χ4n) is 2.88. The highest BCUT2D eigenvalue weighted by atomic mass is 35.5. The minimum Gasteiger partial charge on any atom is -0.341 e. The summed E-state index contributed by atoms with van der Waals surface area (Å²) in [4.78, 5) is 14.3. The summed E-state index contributed by atoms with van der Waals surface area (Å²) in [6.45, 7) is 1.65. The van der Waals surface area contributed by atoms with Crippen molar-refractivity contribution in [2.75, 3.05) is 13.1 Å². The van der Waals surface area contributed by atoms with E-state index >= 15 is 0 Å². The Labute approximate surface area is 103 Å². The number of alkyl halides is 1. The van der Waals surface area contributed by atoms with Gasteiger partial charge >= 0.3 is 0 Å². The Kier molecular flexibility index (Phi) is 4.51. The first-order chi connectivity index (χ1) is 7.77. The van der Waals surface area contributed by atoms with E-state index in [0.29, 0.717) is 11.8 Å². The van der Waals surface area contributed by atoms with Crippen LogP contribution in [0.1, 0.15) is 51.4 Å². The molecule has 0 N–H and O–H groups in total. The van der Waals surface area contributed by atoms with E-state index in [1.54, 1.807) is 0 Å². The minimum absolute atomic E-state index is 0.192. The predicted molar refractivity (Wildman–Crippen MR) is 66.6 cm³/mol. The van der Waals surface area contributed by atoms with Crippen LogP contribution in [0, 0.1) is 5.92 Å². The van der Waals surface area contributed by atoms with Crippen molar-refractivity contribution in [3.8, 4) is 0 Å². The largest absolute Gasteiger partial charge is 0.341 e. The molecular formula is C13H22ClNO. The summed E-state index contributed by atoms with van der Waals surface area (Å²) in [5.41, 5.74) is 0. The number of hydrogen-bond acceptors (Lipinski definition) is 1. The van der Waals surface area contributed by atoms with E-state index in [-0.39, 0.29) is 5.38 Å². The van der Waals surface area contributed by atoms with Crippen LogP contribution in [0.25, 0.3) is 0 Å². The number of amides is 1. The Balaban J connectivity index is 1.86. The van der Waals surface area contributed by atoms with Crippen molar-refractivity contribution in [1.29, 1.82) is 0 Å². The van der Waals surface area contributed by atoms with Crippen molar-refractivity contribution in [3.05, 3.63) is 0 Å². The first-order valence-electron chi connectivity index (χ1n) is 6.70. The molecule has 2 nitrogen and oxygen atoms in total. The van der Waals surface area contributed by atoms with Gasteiger partial charge < -0.3 is 4.90 Å². The lowest BCUT2D eigenvalue weighted by Gasteiger charge is -2.24. The highest BCUT2D eigenvalue weighted by Gasteiger charge is 2.29. The van der Waals surface area contributed by atoms with Crippen molar-refractivity contribution in [1.82, 2.24) is 4.90 Å². The van der Waals surface area contributed by atoms with E-state index in [0.717, 1.165) is 32.4 Å². The van der Waals surface area contributed by atoms with Crippen LogP contribution in [0.4, 0.5) is 0 Å². The van der Waals surface area contributed by atoms with E-state index in [4.69, 9.17) is 11.6 Å². The third-order valence-corrected chi connectivity index (χ3v) is 4.25. The normalized spacial score (nSPS) is 28.8. The second kappa shape index (κ2) is 5.90. The van der Waals surface area contributed by atoms with Gasteiger partial charge in [0.1, 0.15) is 0 Å². The Morgan fingerprint density at radius 2 is 1.62 bits per heavy atom. The maximum absolute atomic E-state index is 12.3. The summed E-state index contributed by atoms with van der Waals surface area (Å²) in [5.74, 6) is 0.673. The van der Waals surface area contributed by atoms with Crippen molar-refractivity contribution in [2.45, 2.75) is 56.7 Å². The molecule has 92 valence electrons. The Morgan fingerprint density at radius 3 is 2.19 bits per heavy atom. The summed E-state index contributed by atoms with van der Waals surface area (Å²) in [6.07, 6.45) is 9.60. The Hall–Kier alpha value is -0.240. The van der Waals surface area contributed by atoms with Crippen molar-refractivity contribution >= 4 is 17.5 Å². The SMILES string of the molecule is O=C(C1CCCCCCC1)N1CCC(Cl)C1. The van der Waals surface area contributed by atoms with Gasteiger partial charge in [0.15, 0.2) is 0 Å². The van der Waals surface area contributed by atoms with E-state index in [1.165, 1.54) is 32.1 Å². The molecule has 1 atom stereocenters. The van der Waals surface area contributed by atoms with Crippen LogP contribution in [0.3, 0.4) is 0 Å². The van der Waals surface area contributed by atoms with Gasteiger partial charge in [0.2, 0.25) is 5.91 Å². The molecule has 0 aromatic rings. The Morgan fingerprint density at radius 1 is 1.00 bits per heavy atom. The van der Waals surface area contributed by atoms with Crippen LogP contribution in [-0.2, 0) is 4.79 Å². The van der Waals surface area contributed by atoms with Gasteiger partial charge in [0.25, 0.3) is 0 Å². The van der Waals surface area contributed by atoms with Gasteiger partial charge in [-0.2, -0.15) is 0 Å². The number of nitrogens with zero attached hydrogens (tertiary/aromatic N) is 1. The van der Waals surface area contributed by atoms with E-state index in [9.17, 15) is 4.79 Å². The summed E-state index contributed by atoms with van der Waals surface area (Å²) in [7, 11) is 0. The molecule has 16 heavy (non-hydrogen) atoms. The van der Waals surface area contributed by atoms with Crippen LogP contribution in [-0.4, -0.2) is 29.3 Å². The van der Waals surface area contributed by atoms with E-state index in [2.05, 4.69) is 0 Å². The molecule has 0 bridgehead atoms. The summed E-state index contributed by atoms with van der Waals surface area (Å²) >= 11 is 6.05. The standard InChI is InChI=1S/C13H22ClNO/c14-12-8-9-15(10-12)13(16)11-6-4-2-1-3-5-7-11/h11-12H,1-10H2. The zero-order chi connectivity index (χ0) is 11.4. The molecule has 2 fully saturated rings. The molecule has 1 unspecified atom stereocenters. The van der Waals surface area contributed by atoms with Crippen LogP contribution in [0.15, 0.2) is 0 Å². The van der Waals surface area contributed by atoms with Gasteiger partial charge in [-0.15, -0.1) is 11.6 Å². The maximum atomic E-state index is 12.3. The fourth-order valence-corrected chi connectivity index (χ4v) is 3.14. The molecule has 2 aliphatic rings. The van der Waals surface area contributed by atoms with Gasteiger partial charge in [0.05, 0.1) is 5.38 Å². The van der Waals surface area contributed by atoms with Crippen molar-refractivity contribution in [2.24, 2.45) is 5.92 Å². The molecule has 1 aliphatic heterocycles. The molecule has 0 aromatic heterocycles. The van der Waals surface area contributed by atoms with Crippen LogP contribution in [0.2, 0.25) is 0 Å². The lowest BCUT2D eigenvalue weighted by atomic mass is 9.90. The lowest BCUT2D eigenvalue weighted by Crippen LogP contribution is -2.34. The summed E-state index contributed by atoms with van der Waals surface area (Å²) in [5, 5.41) is 0.192. The number of hydrogen-bond donors (Lipinski definition) is 0. The molecule has 0 spiro atoms. The molecule has 0 radical (unpaired) electrons. The van der Waals surface area contributed by atoms with Gasteiger partial charge in [-0.05, 0) is 19.3 Å². The lowest BCUT2D eigenvalue weighted by molar-refractivity contribution is -0.135. The fraction of sp³-hybridized carbons (Fsp3) is 0.923. The molecule has 2 rings (SSSR count). The van der Waals surface area contributed by atoms with Gasteiger partial charge in [-0.25, -0.2) is 0 Å². The molecule has 1 saturated carbocycles. The Bertz CT molecular complexity index is 236. The number of carbonyl (C=O) groups is 1. The van der Waals surface area contributed by atoms with Crippen LogP contribution < -0.4 is 0 Å². The first-order valence-corrected chi connectivity index (χ1v) is 7.14. The molecule has 1 saturated heterocycles. The zero-order valence-electron chi connectivity index (χ0n) is 9.96. The zero-order valence-corrected chi connectivity index (χ0v) is 10.7. The third-order valence-electron chi connectivity index (χ3n) is 3.90. The molecule has 1 heterocycles. The van der Waals surface area contributed by atoms with Gasteiger partial charge in [0, 0.05) is 19.0 Å². The van der Waals surface area contributed by atoms with Crippen LogP contribution >= 0.6 is 11.6 Å². The average Bonchev–Trinajstić information content (AvgIpc) is 2.63. The van der Waals surface area contributed by atoms with E-state index < -0.39 is 0 Å². The smallest absolute Gasteiger partial charge is 0.225 e. The molecular weight excluding hydrogens is 222 g/mol. The van der Waals surface area contributed by atoms with Crippen molar-refractivity contribution in [3.63, 3.8) is 0 Å². The monoisotopic (exact) mass is 243 g/mol. The molecule has 1 aliphatic carbocycles. The molecule has 3 heteroatoms. The number of carbonyl (C=O) groups excluding carboxylic acids is 1.